The molecule has 6 nitrogen and oxygen atoms in total. The summed E-state index contributed by atoms with van der Waals surface area (Å²) >= 11 is 0. The van der Waals surface area contributed by atoms with Gasteiger partial charge < -0.3 is 14.8 Å². The molecule has 2 aromatic heterocycles. The molecule has 7 heteroatoms. The van der Waals surface area contributed by atoms with E-state index in [1.807, 2.05) is 24.3 Å². The van der Waals surface area contributed by atoms with Crippen LogP contribution in [0.2, 0.25) is 0 Å². The van der Waals surface area contributed by atoms with Gasteiger partial charge in [-0.1, -0.05) is 12.1 Å². The van der Waals surface area contributed by atoms with E-state index in [2.05, 4.69) is 15.3 Å². The molecule has 0 aliphatic carbocycles. The van der Waals surface area contributed by atoms with Crippen LogP contribution in [0.3, 0.4) is 0 Å². The second-order valence-electron chi connectivity index (χ2n) is 5.80. The van der Waals surface area contributed by atoms with E-state index >= 15 is 0 Å². The van der Waals surface area contributed by atoms with E-state index in [1.54, 1.807) is 49.2 Å². The number of imidazole rings is 1. The summed E-state index contributed by atoms with van der Waals surface area (Å²) in [7, 11) is 3.17. The maximum absolute atomic E-state index is 14.1. The van der Waals surface area contributed by atoms with Gasteiger partial charge in [-0.15, -0.1) is 0 Å². The normalized spacial score (nSPS) is 10.8. The lowest BCUT2D eigenvalue weighted by molar-refractivity contribution is 0.355. The molecule has 0 radical (unpaired) electrons. The molecule has 2 aromatic carbocycles. The number of hydrogen-bond acceptors (Lipinski definition) is 5. The number of ether oxygens (including phenoxy) is 2. The summed E-state index contributed by atoms with van der Waals surface area (Å²) in [6, 6.07) is 13.8. The highest BCUT2D eigenvalue weighted by atomic mass is 19.1. The van der Waals surface area contributed by atoms with E-state index in [1.165, 1.54) is 6.07 Å². The first-order valence-corrected chi connectivity index (χ1v) is 8.27. The minimum absolute atomic E-state index is 0.337. The summed E-state index contributed by atoms with van der Waals surface area (Å²) in [4.78, 5) is 9.00. The molecular weight excluding hydrogens is 347 g/mol. The molecule has 0 amide bonds. The first-order chi connectivity index (χ1) is 13.2. The average molecular weight is 364 g/mol. The Labute approximate surface area is 155 Å². The molecule has 0 atom stereocenters. The second kappa shape index (κ2) is 6.95. The third kappa shape index (κ3) is 3.15. The van der Waals surface area contributed by atoms with Crippen LogP contribution >= 0.6 is 0 Å². The quantitative estimate of drug-likeness (QED) is 0.572. The van der Waals surface area contributed by atoms with Crippen LogP contribution in [0.4, 0.5) is 16.0 Å². The van der Waals surface area contributed by atoms with E-state index in [-0.39, 0.29) is 5.82 Å². The highest BCUT2D eigenvalue weighted by Crippen LogP contribution is 2.32. The molecule has 0 aliphatic heterocycles. The zero-order chi connectivity index (χ0) is 18.8. The minimum Gasteiger partial charge on any atom is -0.493 e. The van der Waals surface area contributed by atoms with Crippen LogP contribution in [-0.4, -0.2) is 28.6 Å². The van der Waals surface area contributed by atoms with Gasteiger partial charge in [-0.2, -0.15) is 0 Å². The molecule has 0 spiro atoms. The minimum atomic E-state index is -0.357. The topological polar surface area (TPSA) is 60.7 Å². The number of methoxy groups -OCH3 is 2. The zero-order valence-electron chi connectivity index (χ0n) is 14.8. The largest absolute Gasteiger partial charge is 0.493 e. The standard InChI is InChI=1S/C20H17FN4O2/c1-26-17-8-7-13(11-18(17)27-2)16-12-19-22-9-10-25(19)20(24-16)23-15-6-4-3-5-14(15)21/h3-12H,1-2H3,(H,23,24). The smallest absolute Gasteiger partial charge is 0.213 e. The van der Waals surface area contributed by atoms with Crippen LogP contribution in [0.1, 0.15) is 0 Å². The van der Waals surface area contributed by atoms with Gasteiger partial charge in [-0.25, -0.2) is 14.4 Å². The number of anilines is 2. The lowest BCUT2D eigenvalue weighted by Crippen LogP contribution is -2.04. The van der Waals surface area contributed by atoms with Crippen molar-refractivity contribution in [2.45, 2.75) is 0 Å². The van der Waals surface area contributed by atoms with Gasteiger partial charge in [0.2, 0.25) is 5.95 Å². The van der Waals surface area contributed by atoms with Crippen LogP contribution in [0.5, 0.6) is 11.5 Å². The fourth-order valence-corrected chi connectivity index (χ4v) is 2.84. The van der Waals surface area contributed by atoms with Crippen molar-refractivity contribution < 1.29 is 13.9 Å². The lowest BCUT2D eigenvalue weighted by Gasteiger charge is -2.12. The van der Waals surface area contributed by atoms with Gasteiger partial charge in [-0.3, -0.25) is 4.40 Å². The Morgan fingerprint density at radius 2 is 1.81 bits per heavy atom. The van der Waals surface area contributed by atoms with Gasteiger partial charge in [0, 0.05) is 24.0 Å². The van der Waals surface area contributed by atoms with Crippen molar-refractivity contribution in [3.8, 4) is 22.8 Å². The summed E-state index contributed by atoms with van der Waals surface area (Å²) < 4.78 is 26.5. The summed E-state index contributed by atoms with van der Waals surface area (Å²) in [6.07, 6.45) is 3.44. The molecule has 1 N–H and O–H groups in total. The Morgan fingerprint density at radius 3 is 2.59 bits per heavy atom. The molecular formula is C20H17FN4O2. The van der Waals surface area contributed by atoms with Crippen LogP contribution in [0, 0.1) is 5.82 Å². The molecule has 0 saturated heterocycles. The number of rotatable bonds is 5. The molecule has 136 valence electrons. The van der Waals surface area contributed by atoms with Gasteiger partial charge in [0.05, 0.1) is 25.6 Å². The highest BCUT2D eigenvalue weighted by Gasteiger charge is 2.12. The number of nitrogens with zero attached hydrogens (tertiary/aromatic N) is 3. The monoisotopic (exact) mass is 364 g/mol. The van der Waals surface area contributed by atoms with Crippen molar-refractivity contribution in [3.05, 3.63) is 66.7 Å². The number of fused-ring (bicyclic) bond motifs is 1. The molecule has 0 aliphatic rings. The predicted octanol–water partition coefficient (Wildman–Crippen LogP) is 4.30. The Kier molecular flexibility index (Phi) is 4.33. The molecule has 4 aromatic rings. The molecule has 4 rings (SSSR count). The van der Waals surface area contributed by atoms with E-state index in [0.717, 1.165) is 5.56 Å². The Bertz CT molecular complexity index is 1110. The lowest BCUT2D eigenvalue weighted by atomic mass is 10.1. The van der Waals surface area contributed by atoms with Crippen molar-refractivity contribution in [1.82, 2.24) is 14.4 Å². The molecule has 0 bridgehead atoms. The molecule has 0 saturated carbocycles. The maximum Gasteiger partial charge on any atom is 0.213 e. The molecule has 2 heterocycles. The van der Waals surface area contributed by atoms with Crippen molar-refractivity contribution in [2.24, 2.45) is 0 Å². The maximum atomic E-state index is 14.1. The second-order valence-corrected chi connectivity index (χ2v) is 5.80. The van der Waals surface area contributed by atoms with Gasteiger partial charge in [0.15, 0.2) is 11.5 Å². The van der Waals surface area contributed by atoms with Crippen LogP contribution < -0.4 is 14.8 Å². The van der Waals surface area contributed by atoms with Gasteiger partial charge >= 0.3 is 0 Å². The van der Waals surface area contributed by atoms with Gasteiger partial charge in [0.25, 0.3) is 0 Å². The van der Waals surface area contributed by atoms with Gasteiger partial charge in [0.1, 0.15) is 11.5 Å². The van der Waals surface area contributed by atoms with Crippen molar-refractivity contribution >= 4 is 17.3 Å². The van der Waals surface area contributed by atoms with Crippen molar-refractivity contribution in [3.63, 3.8) is 0 Å². The van der Waals surface area contributed by atoms with E-state index in [9.17, 15) is 4.39 Å². The van der Waals surface area contributed by atoms with Crippen LogP contribution in [0.25, 0.3) is 16.9 Å². The number of aromatic nitrogens is 3. The zero-order valence-corrected chi connectivity index (χ0v) is 14.8. The highest BCUT2D eigenvalue weighted by molar-refractivity contribution is 5.70. The van der Waals surface area contributed by atoms with E-state index < -0.39 is 0 Å². The number of hydrogen-bond donors (Lipinski definition) is 1. The van der Waals surface area contributed by atoms with Crippen LogP contribution in [0.15, 0.2) is 60.9 Å². The third-order valence-electron chi connectivity index (χ3n) is 4.19. The summed E-state index contributed by atoms with van der Waals surface area (Å²) in [5, 5.41) is 3.04. The first kappa shape index (κ1) is 16.8. The molecule has 27 heavy (non-hydrogen) atoms. The SMILES string of the molecule is COc1ccc(-c2cc3nccn3c(Nc3ccccc3F)n2)cc1OC. The first-order valence-electron chi connectivity index (χ1n) is 8.27. The third-order valence-corrected chi connectivity index (χ3v) is 4.19. The van der Waals surface area contributed by atoms with Crippen molar-refractivity contribution in [2.75, 3.05) is 19.5 Å². The Hall–Kier alpha value is -3.61. The number of halogens is 1. The van der Waals surface area contributed by atoms with Crippen molar-refractivity contribution in [1.29, 1.82) is 0 Å². The molecule has 0 unspecified atom stereocenters. The fourth-order valence-electron chi connectivity index (χ4n) is 2.84. The van der Waals surface area contributed by atoms with E-state index in [4.69, 9.17) is 9.47 Å². The summed E-state index contributed by atoms with van der Waals surface area (Å²) in [5.41, 5.74) is 2.53. The fraction of sp³-hybridized carbons (Fsp3) is 0.100. The number of para-hydroxylation sites is 1. The Balaban J connectivity index is 1.82. The summed E-state index contributed by atoms with van der Waals surface area (Å²) in [5.74, 6) is 1.33. The molecule has 0 fully saturated rings. The number of benzene rings is 2. The average Bonchev–Trinajstić information content (AvgIpc) is 3.18. The summed E-state index contributed by atoms with van der Waals surface area (Å²) in [6.45, 7) is 0. The van der Waals surface area contributed by atoms with Crippen LogP contribution in [-0.2, 0) is 0 Å². The van der Waals surface area contributed by atoms with Gasteiger partial charge in [-0.05, 0) is 30.3 Å². The predicted molar refractivity (Wildman–Crippen MR) is 101 cm³/mol. The van der Waals surface area contributed by atoms with E-state index in [0.29, 0.717) is 34.5 Å². The Morgan fingerprint density at radius 1 is 1.00 bits per heavy atom. The number of nitrogens with one attached hydrogen (secondary N) is 1.